The molecule has 0 aromatic rings. The first-order valence-corrected chi connectivity index (χ1v) is 11.1. The molecule has 1 unspecified atom stereocenters. The van der Waals surface area contributed by atoms with E-state index in [-0.39, 0.29) is 24.2 Å². The van der Waals surface area contributed by atoms with Crippen LogP contribution in [0, 0.1) is 0 Å². The smallest absolute Gasteiger partial charge is 0.303 e. The number of hydrogen-bond acceptors (Lipinski definition) is 3. The second-order valence-electron chi connectivity index (χ2n) is 7.94. The van der Waals surface area contributed by atoms with Gasteiger partial charge in [0.05, 0.1) is 0 Å². The normalized spacial score (nSPS) is 16.6. The minimum Gasteiger partial charge on any atom is -0.481 e. The molecule has 1 rings (SSSR count). The number of amides is 1. The number of carboxylic acid groups (broad SMARTS) is 1. The number of aliphatic carboxylic acids is 1. The van der Waals surface area contributed by atoms with Gasteiger partial charge in [-0.3, -0.25) is 14.4 Å². The summed E-state index contributed by atoms with van der Waals surface area (Å²) in [5, 5.41) is 8.61. The van der Waals surface area contributed by atoms with E-state index in [1.807, 2.05) is 4.90 Å². The molecule has 1 aliphatic heterocycles. The average molecular weight is 382 g/mol. The zero-order valence-electron chi connectivity index (χ0n) is 17.2. The third-order valence-electron chi connectivity index (χ3n) is 5.56. The van der Waals surface area contributed by atoms with E-state index in [1.165, 1.54) is 12.8 Å². The van der Waals surface area contributed by atoms with Gasteiger partial charge in [-0.05, 0) is 32.1 Å². The molecule has 1 aliphatic rings. The van der Waals surface area contributed by atoms with Crippen LogP contribution in [0.25, 0.3) is 0 Å². The zero-order chi connectivity index (χ0) is 19.9. The third kappa shape index (κ3) is 10.5. The highest BCUT2D eigenvalue weighted by Gasteiger charge is 2.31. The first-order chi connectivity index (χ1) is 13.1. The lowest BCUT2D eigenvalue weighted by atomic mass is 10.0. The van der Waals surface area contributed by atoms with Crippen LogP contribution in [0.4, 0.5) is 0 Å². The molecule has 1 fully saturated rings. The van der Waals surface area contributed by atoms with Crippen molar-refractivity contribution in [3.63, 3.8) is 0 Å². The summed E-state index contributed by atoms with van der Waals surface area (Å²) in [6.07, 6.45) is 15.3. The Labute approximate surface area is 164 Å². The zero-order valence-corrected chi connectivity index (χ0v) is 17.2. The first kappa shape index (κ1) is 23.6. The number of likely N-dealkylation sites (tertiary alicyclic amines) is 1. The van der Waals surface area contributed by atoms with Crippen LogP contribution >= 0.6 is 0 Å². The first-order valence-electron chi connectivity index (χ1n) is 11.1. The van der Waals surface area contributed by atoms with Crippen LogP contribution < -0.4 is 0 Å². The second-order valence-corrected chi connectivity index (χ2v) is 7.94. The predicted octanol–water partition coefficient (Wildman–Crippen LogP) is 5.11. The van der Waals surface area contributed by atoms with Crippen LogP contribution in [0.5, 0.6) is 0 Å². The number of carboxylic acids is 1. The molecule has 0 radical (unpaired) electrons. The van der Waals surface area contributed by atoms with Crippen molar-refractivity contribution in [2.75, 3.05) is 6.54 Å². The maximum absolute atomic E-state index is 12.5. The highest BCUT2D eigenvalue weighted by atomic mass is 16.4. The van der Waals surface area contributed by atoms with Crippen LogP contribution in [0.15, 0.2) is 0 Å². The van der Waals surface area contributed by atoms with Crippen LogP contribution in [-0.2, 0) is 14.4 Å². The van der Waals surface area contributed by atoms with E-state index in [9.17, 15) is 14.4 Å². The molecule has 27 heavy (non-hydrogen) atoms. The average Bonchev–Trinajstić information content (AvgIpc) is 3.11. The summed E-state index contributed by atoms with van der Waals surface area (Å²) in [7, 11) is 0. The van der Waals surface area contributed by atoms with Crippen molar-refractivity contribution in [3.8, 4) is 0 Å². The lowest BCUT2D eigenvalue weighted by molar-refractivity contribution is -0.145. The van der Waals surface area contributed by atoms with Crippen molar-refractivity contribution in [1.29, 1.82) is 0 Å². The number of hydrogen-bond donors (Lipinski definition) is 1. The van der Waals surface area contributed by atoms with Crippen molar-refractivity contribution < 1.29 is 19.5 Å². The van der Waals surface area contributed by atoms with Gasteiger partial charge < -0.3 is 10.0 Å². The van der Waals surface area contributed by atoms with Gasteiger partial charge in [0.2, 0.25) is 5.78 Å². The third-order valence-corrected chi connectivity index (χ3v) is 5.56. The number of carbonyl (C=O) groups excluding carboxylic acids is 2. The van der Waals surface area contributed by atoms with E-state index >= 15 is 0 Å². The molecule has 0 aromatic carbocycles. The van der Waals surface area contributed by atoms with E-state index in [4.69, 9.17) is 5.11 Å². The van der Waals surface area contributed by atoms with Gasteiger partial charge in [0.25, 0.3) is 5.91 Å². The van der Waals surface area contributed by atoms with Gasteiger partial charge >= 0.3 is 5.97 Å². The van der Waals surface area contributed by atoms with Gasteiger partial charge in [0.15, 0.2) is 0 Å². The van der Waals surface area contributed by atoms with Crippen LogP contribution in [0.3, 0.4) is 0 Å². The molecule has 0 spiro atoms. The highest BCUT2D eigenvalue weighted by Crippen LogP contribution is 2.23. The predicted molar refractivity (Wildman–Crippen MR) is 108 cm³/mol. The fraction of sp³-hybridized carbons (Fsp3) is 0.864. The van der Waals surface area contributed by atoms with Gasteiger partial charge in [-0.15, -0.1) is 0 Å². The molecule has 0 aliphatic carbocycles. The van der Waals surface area contributed by atoms with E-state index in [0.717, 1.165) is 83.6 Å². The molecule has 1 amide bonds. The Morgan fingerprint density at radius 2 is 1.44 bits per heavy atom. The van der Waals surface area contributed by atoms with Gasteiger partial charge in [0.1, 0.15) is 0 Å². The fourth-order valence-corrected chi connectivity index (χ4v) is 3.92. The fourth-order valence-electron chi connectivity index (χ4n) is 3.92. The SMILES string of the molecule is CCCCCCCC(=O)C(=O)N1CCCC1CCCCCCCCC(=O)O. The summed E-state index contributed by atoms with van der Waals surface area (Å²) >= 11 is 0. The van der Waals surface area contributed by atoms with Crippen molar-refractivity contribution in [3.05, 3.63) is 0 Å². The maximum atomic E-state index is 12.5. The summed E-state index contributed by atoms with van der Waals surface area (Å²) < 4.78 is 0. The second kappa shape index (κ2) is 14.6. The highest BCUT2D eigenvalue weighted by molar-refractivity contribution is 6.36. The maximum Gasteiger partial charge on any atom is 0.303 e. The number of Topliss-reactive ketones (excluding diaryl/α,β-unsaturated/α-hetero) is 1. The molecule has 0 saturated carbocycles. The van der Waals surface area contributed by atoms with Gasteiger partial charge in [0, 0.05) is 25.4 Å². The number of rotatable bonds is 16. The summed E-state index contributed by atoms with van der Waals surface area (Å²) in [5.41, 5.74) is 0. The Morgan fingerprint density at radius 3 is 2.11 bits per heavy atom. The van der Waals surface area contributed by atoms with E-state index < -0.39 is 5.97 Å². The quantitative estimate of drug-likeness (QED) is 0.298. The van der Waals surface area contributed by atoms with Crippen LogP contribution in [0.2, 0.25) is 0 Å². The molecule has 0 aromatic heterocycles. The molecule has 5 nitrogen and oxygen atoms in total. The molecule has 0 bridgehead atoms. The van der Waals surface area contributed by atoms with Gasteiger partial charge in [-0.25, -0.2) is 0 Å². The van der Waals surface area contributed by atoms with Crippen molar-refractivity contribution in [2.45, 2.75) is 116 Å². The van der Waals surface area contributed by atoms with Crippen LogP contribution in [-0.4, -0.2) is 40.3 Å². The van der Waals surface area contributed by atoms with E-state index in [1.54, 1.807) is 0 Å². The molecule has 1 heterocycles. The standard InChI is InChI=1S/C22H39NO4/c1-2-3-4-7-11-16-20(24)22(27)23-18-13-15-19(23)14-10-8-5-6-9-12-17-21(25)26/h19H,2-18H2,1H3,(H,25,26). The molecule has 1 N–H and O–H groups in total. The Bertz CT molecular complexity index is 450. The summed E-state index contributed by atoms with van der Waals surface area (Å²) in [5.74, 6) is -1.16. The number of nitrogens with zero attached hydrogens (tertiary/aromatic N) is 1. The largest absolute Gasteiger partial charge is 0.481 e. The van der Waals surface area contributed by atoms with E-state index in [0.29, 0.717) is 6.42 Å². The molecular formula is C22H39NO4. The Hall–Kier alpha value is -1.39. The molecule has 1 atom stereocenters. The Morgan fingerprint density at radius 1 is 0.852 bits per heavy atom. The number of carbonyl (C=O) groups is 3. The summed E-state index contributed by atoms with van der Waals surface area (Å²) in [4.78, 5) is 37.0. The summed E-state index contributed by atoms with van der Waals surface area (Å²) in [6, 6.07) is 0.244. The monoisotopic (exact) mass is 381 g/mol. The number of unbranched alkanes of at least 4 members (excludes halogenated alkanes) is 9. The van der Waals surface area contributed by atoms with Gasteiger partial charge in [-0.1, -0.05) is 64.7 Å². The van der Waals surface area contributed by atoms with Crippen molar-refractivity contribution >= 4 is 17.7 Å². The minimum absolute atomic E-state index is 0.197. The Kier molecular flexibility index (Phi) is 12.8. The van der Waals surface area contributed by atoms with Crippen LogP contribution in [0.1, 0.15) is 110 Å². The van der Waals surface area contributed by atoms with Crippen molar-refractivity contribution in [2.24, 2.45) is 0 Å². The van der Waals surface area contributed by atoms with Gasteiger partial charge in [-0.2, -0.15) is 0 Å². The molecule has 156 valence electrons. The number of ketones is 1. The van der Waals surface area contributed by atoms with E-state index in [2.05, 4.69) is 6.92 Å². The molecule has 1 saturated heterocycles. The lowest BCUT2D eigenvalue weighted by Crippen LogP contribution is -2.40. The van der Waals surface area contributed by atoms with Crippen molar-refractivity contribution in [1.82, 2.24) is 4.90 Å². The topological polar surface area (TPSA) is 74.7 Å². The molecular weight excluding hydrogens is 342 g/mol. The molecule has 5 heteroatoms. The summed E-state index contributed by atoms with van der Waals surface area (Å²) in [6.45, 7) is 2.90. The lowest BCUT2D eigenvalue weighted by Gasteiger charge is -2.24. The minimum atomic E-state index is -0.712. The Balaban J connectivity index is 2.15.